The van der Waals surface area contributed by atoms with E-state index in [4.69, 9.17) is 5.73 Å². The van der Waals surface area contributed by atoms with Gasteiger partial charge in [-0.1, -0.05) is 64.4 Å². The number of anilines is 1. The van der Waals surface area contributed by atoms with Gasteiger partial charge in [0.05, 0.1) is 0 Å². The average Bonchev–Trinajstić information content (AvgIpc) is 2.71. The van der Waals surface area contributed by atoms with Gasteiger partial charge in [0.2, 0.25) is 0 Å². The molecular formula is C23H36F6N2O. The first-order chi connectivity index (χ1) is 15.0. The van der Waals surface area contributed by atoms with Gasteiger partial charge < -0.3 is 11.1 Å². The minimum atomic E-state index is -3.67. The molecule has 3 nitrogen and oxygen atoms in total. The van der Waals surface area contributed by atoms with Gasteiger partial charge in [0.1, 0.15) is 0 Å². The predicted molar refractivity (Wildman–Crippen MR) is 116 cm³/mol. The number of aryl methyl sites for hydroxylation is 1. The number of rotatable bonds is 2. The Morgan fingerprint density at radius 1 is 0.875 bits per heavy atom. The van der Waals surface area contributed by atoms with Crippen LogP contribution < -0.4 is 11.1 Å². The summed E-state index contributed by atoms with van der Waals surface area (Å²) >= 11 is 0. The van der Waals surface area contributed by atoms with Crippen molar-refractivity contribution in [1.82, 2.24) is 5.32 Å². The molecule has 1 amide bonds. The van der Waals surface area contributed by atoms with E-state index in [1.165, 1.54) is 51.4 Å². The molecule has 186 valence electrons. The highest BCUT2D eigenvalue weighted by molar-refractivity contribution is 5.96. The minimum absolute atomic E-state index is 0.0155. The summed E-state index contributed by atoms with van der Waals surface area (Å²) in [5, 5.41) is 3.11. The molecule has 3 rings (SSSR count). The van der Waals surface area contributed by atoms with Gasteiger partial charge in [-0.15, -0.1) is 0 Å². The third kappa shape index (κ3) is 16.7. The number of halogens is 6. The number of amides is 1. The van der Waals surface area contributed by atoms with Crippen molar-refractivity contribution in [1.29, 1.82) is 0 Å². The summed E-state index contributed by atoms with van der Waals surface area (Å²) in [7, 11) is 0. The quantitative estimate of drug-likeness (QED) is 0.346. The molecule has 2 aliphatic carbocycles. The number of carbonyl (C=O) groups excluding carboxylic acids is 1. The Morgan fingerprint density at radius 3 is 1.72 bits per heavy atom. The van der Waals surface area contributed by atoms with Crippen LogP contribution in [0.15, 0.2) is 18.2 Å². The molecule has 1 aromatic carbocycles. The van der Waals surface area contributed by atoms with Crippen molar-refractivity contribution in [2.75, 3.05) is 5.73 Å². The first kappa shape index (κ1) is 30.1. The van der Waals surface area contributed by atoms with Crippen LogP contribution in [0.1, 0.15) is 87.1 Å². The molecule has 0 aliphatic heterocycles. The van der Waals surface area contributed by atoms with Gasteiger partial charge in [-0.3, -0.25) is 4.79 Å². The summed E-state index contributed by atoms with van der Waals surface area (Å²) < 4.78 is 58.0. The number of nitrogens with two attached hydrogens (primary N) is 1. The number of benzene rings is 1. The summed E-state index contributed by atoms with van der Waals surface area (Å²) in [5.74, 6) is 1.05. The standard InChI is InChI=1S/C14H20N2O.C7H14.2CHF3/c1-10-7-8-11(15)9-13(10)14(17)16-12-5-3-2-4-6-12;1-7-5-3-2-4-6-7;2*2-1(3)4/h7-9,12H,2-6,15H2,1H3,(H,16,17);7H,2-6H2,1H3;2*1H. The minimum Gasteiger partial charge on any atom is -0.399 e. The van der Waals surface area contributed by atoms with Crippen molar-refractivity contribution in [3.05, 3.63) is 29.3 Å². The third-order valence-corrected chi connectivity index (χ3v) is 5.34. The number of nitrogen functional groups attached to an aromatic ring is 1. The van der Waals surface area contributed by atoms with Crippen molar-refractivity contribution in [2.24, 2.45) is 5.92 Å². The highest BCUT2D eigenvalue weighted by Crippen LogP contribution is 2.22. The van der Waals surface area contributed by atoms with Crippen LogP contribution in [0.4, 0.5) is 32.0 Å². The van der Waals surface area contributed by atoms with Crippen LogP contribution in [0.2, 0.25) is 0 Å². The maximum Gasteiger partial charge on any atom is 0.379 e. The zero-order valence-electron chi connectivity index (χ0n) is 18.9. The largest absolute Gasteiger partial charge is 0.399 e. The van der Waals surface area contributed by atoms with E-state index in [0.29, 0.717) is 17.3 Å². The highest BCUT2D eigenvalue weighted by atomic mass is 19.4. The molecule has 0 atom stereocenters. The SMILES string of the molecule is CC1CCCCC1.Cc1ccc(N)cc1C(=O)NC1CCCCC1.FC(F)F.FC(F)F. The second-order valence-electron chi connectivity index (χ2n) is 8.12. The van der Waals surface area contributed by atoms with E-state index in [9.17, 15) is 31.1 Å². The van der Waals surface area contributed by atoms with E-state index in [0.717, 1.165) is 24.3 Å². The van der Waals surface area contributed by atoms with Crippen LogP contribution in [0, 0.1) is 12.8 Å². The Labute approximate surface area is 187 Å². The van der Waals surface area contributed by atoms with Gasteiger partial charge in [0.25, 0.3) is 5.91 Å². The van der Waals surface area contributed by atoms with E-state index in [2.05, 4.69) is 12.2 Å². The summed E-state index contributed by atoms with van der Waals surface area (Å²) in [5.41, 5.74) is 8.04. The lowest BCUT2D eigenvalue weighted by atomic mass is 9.91. The maximum atomic E-state index is 12.1. The summed E-state index contributed by atoms with van der Waals surface area (Å²) in [6.07, 6.45) is 13.4. The molecule has 2 saturated carbocycles. The third-order valence-electron chi connectivity index (χ3n) is 5.34. The molecule has 0 heterocycles. The molecule has 0 saturated heterocycles. The Morgan fingerprint density at radius 2 is 1.31 bits per heavy atom. The van der Waals surface area contributed by atoms with Gasteiger partial charge >= 0.3 is 13.4 Å². The van der Waals surface area contributed by atoms with Crippen molar-refractivity contribution in [2.45, 2.75) is 97.5 Å². The van der Waals surface area contributed by atoms with Crippen molar-refractivity contribution in [3.8, 4) is 0 Å². The smallest absolute Gasteiger partial charge is 0.379 e. The van der Waals surface area contributed by atoms with Gasteiger partial charge in [-0.25, -0.2) is 0 Å². The molecule has 3 N–H and O–H groups in total. The molecule has 32 heavy (non-hydrogen) atoms. The Bertz CT molecular complexity index is 607. The molecule has 2 aliphatic rings. The van der Waals surface area contributed by atoms with Gasteiger partial charge in [-0.05, 0) is 43.4 Å². The zero-order chi connectivity index (χ0) is 24.5. The van der Waals surface area contributed by atoms with Crippen molar-refractivity contribution < 1.29 is 31.1 Å². The molecule has 1 aromatic rings. The van der Waals surface area contributed by atoms with Crippen LogP contribution in [0.5, 0.6) is 0 Å². The predicted octanol–water partition coefficient (Wildman–Crippen LogP) is 7.58. The number of alkyl halides is 6. The maximum absolute atomic E-state index is 12.1. The molecule has 0 bridgehead atoms. The first-order valence-electron chi connectivity index (χ1n) is 11.0. The molecule has 0 spiro atoms. The van der Waals surface area contributed by atoms with Crippen molar-refractivity contribution >= 4 is 11.6 Å². The van der Waals surface area contributed by atoms with Crippen LogP contribution in [0.25, 0.3) is 0 Å². The number of nitrogens with one attached hydrogen (secondary N) is 1. The molecule has 0 radical (unpaired) electrons. The van der Waals surface area contributed by atoms with Crippen LogP contribution >= 0.6 is 0 Å². The van der Waals surface area contributed by atoms with Gasteiger partial charge in [0, 0.05) is 17.3 Å². The highest BCUT2D eigenvalue weighted by Gasteiger charge is 2.17. The second-order valence-corrected chi connectivity index (χ2v) is 8.12. The normalized spacial score (nSPS) is 16.7. The number of carbonyl (C=O) groups is 1. The second kappa shape index (κ2) is 17.6. The lowest BCUT2D eigenvalue weighted by Gasteiger charge is -2.23. The Kier molecular flexibility index (Phi) is 16.5. The van der Waals surface area contributed by atoms with Crippen LogP contribution in [-0.2, 0) is 0 Å². The Balaban J connectivity index is 0.000000525. The molecule has 0 unspecified atom stereocenters. The van der Waals surface area contributed by atoms with Crippen molar-refractivity contribution in [3.63, 3.8) is 0 Å². The monoisotopic (exact) mass is 470 g/mol. The van der Waals surface area contributed by atoms with Crippen LogP contribution in [0.3, 0.4) is 0 Å². The number of hydrogen-bond donors (Lipinski definition) is 2. The van der Waals surface area contributed by atoms with Crippen LogP contribution in [-0.4, -0.2) is 25.3 Å². The lowest BCUT2D eigenvalue weighted by Crippen LogP contribution is -2.36. The summed E-state index contributed by atoms with van der Waals surface area (Å²) in [6.45, 7) is -3.03. The zero-order valence-corrected chi connectivity index (χ0v) is 18.9. The first-order valence-corrected chi connectivity index (χ1v) is 11.0. The molecule has 2 fully saturated rings. The van der Waals surface area contributed by atoms with E-state index in [1.54, 1.807) is 6.07 Å². The van der Waals surface area contributed by atoms with E-state index in [1.807, 2.05) is 19.1 Å². The topological polar surface area (TPSA) is 55.1 Å². The summed E-state index contributed by atoms with van der Waals surface area (Å²) in [4.78, 5) is 12.1. The average molecular weight is 471 g/mol. The number of hydrogen-bond acceptors (Lipinski definition) is 2. The Hall–Kier alpha value is -1.93. The van der Waals surface area contributed by atoms with Gasteiger partial charge in [0.15, 0.2) is 0 Å². The molecular weight excluding hydrogens is 434 g/mol. The summed E-state index contributed by atoms with van der Waals surface area (Å²) in [6, 6.07) is 5.82. The molecule has 9 heteroatoms. The fourth-order valence-electron chi connectivity index (χ4n) is 3.70. The lowest BCUT2D eigenvalue weighted by molar-refractivity contribution is 0.00734. The van der Waals surface area contributed by atoms with E-state index >= 15 is 0 Å². The van der Waals surface area contributed by atoms with E-state index < -0.39 is 13.4 Å². The fourth-order valence-corrected chi connectivity index (χ4v) is 3.70. The molecule has 0 aromatic heterocycles. The van der Waals surface area contributed by atoms with Gasteiger partial charge in [-0.2, -0.15) is 26.3 Å². The fraction of sp³-hybridized carbons (Fsp3) is 0.696. The van der Waals surface area contributed by atoms with E-state index in [-0.39, 0.29) is 5.91 Å².